The summed E-state index contributed by atoms with van der Waals surface area (Å²) in [5.41, 5.74) is -0.0427. The molecule has 0 aliphatic heterocycles. The highest BCUT2D eigenvalue weighted by Crippen LogP contribution is 2.17. The van der Waals surface area contributed by atoms with Gasteiger partial charge in [0.1, 0.15) is 12.4 Å². The van der Waals surface area contributed by atoms with Crippen LogP contribution >= 0.6 is 0 Å². The number of carbonyl (C=O) groups excluding carboxylic acids is 1. The van der Waals surface area contributed by atoms with Crippen molar-refractivity contribution >= 4 is 11.7 Å². The predicted molar refractivity (Wildman–Crippen MR) is 68.0 cm³/mol. The first kappa shape index (κ1) is 16.4. The number of hydrogen-bond donors (Lipinski definition) is 1. The summed E-state index contributed by atoms with van der Waals surface area (Å²) in [7, 11) is 0. The maximum atomic E-state index is 11.9. The standard InChI is InChI=1S/C13H17F3N2O2/c1-12(2,3)11(19)18-10-5-4-9(6-17-10)7-20-8-13(14,15)16/h4-6H,7-8H2,1-3H3,(H,17,18,19). The number of hydrogen-bond acceptors (Lipinski definition) is 3. The fraction of sp³-hybridized carbons (Fsp3) is 0.538. The van der Waals surface area contributed by atoms with E-state index >= 15 is 0 Å². The van der Waals surface area contributed by atoms with Gasteiger partial charge in [-0.3, -0.25) is 4.79 Å². The van der Waals surface area contributed by atoms with Gasteiger partial charge in [0.2, 0.25) is 5.91 Å². The Balaban J connectivity index is 2.51. The molecule has 112 valence electrons. The summed E-state index contributed by atoms with van der Waals surface area (Å²) in [6, 6.07) is 3.08. The number of rotatable bonds is 4. The topological polar surface area (TPSA) is 51.2 Å². The molecule has 0 aliphatic rings. The first-order valence-electron chi connectivity index (χ1n) is 5.99. The summed E-state index contributed by atoms with van der Waals surface area (Å²) in [6.45, 7) is 3.82. The lowest BCUT2D eigenvalue weighted by Gasteiger charge is -2.17. The smallest absolute Gasteiger partial charge is 0.367 e. The molecule has 4 nitrogen and oxygen atoms in total. The minimum atomic E-state index is -4.34. The fourth-order valence-corrected chi connectivity index (χ4v) is 1.17. The maximum Gasteiger partial charge on any atom is 0.411 e. The number of aromatic nitrogens is 1. The molecular formula is C13H17F3N2O2. The molecule has 0 aromatic carbocycles. The second kappa shape index (κ2) is 6.21. The zero-order chi connectivity index (χ0) is 15.4. The van der Waals surface area contributed by atoms with Gasteiger partial charge < -0.3 is 10.1 Å². The summed E-state index contributed by atoms with van der Waals surface area (Å²) in [5.74, 6) is 0.163. The number of alkyl halides is 3. The minimum absolute atomic E-state index is 0.181. The molecule has 0 saturated carbocycles. The second-order valence-electron chi connectivity index (χ2n) is 5.36. The first-order valence-corrected chi connectivity index (χ1v) is 5.99. The molecule has 0 fully saturated rings. The van der Waals surface area contributed by atoms with Crippen molar-refractivity contribution in [2.24, 2.45) is 5.41 Å². The summed E-state index contributed by atoms with van der Waals surface area (Å²) in [5, 5.41) is 2.62. The Morgan fingerprint density at radius 2 is 1.95 bits per heavy atom. The van der Waals surface area contributed by atoms with Gasteiger partial charge in [0.25, 0.3) is 0 Å². The molecular weight excluding hydrogens is 273 g/mol. The Morgan fingerprint density at radius 1 is 1.30 bits per heavy atom. The van der Waals surface area contributed by atoms with E-state index in [1.807, 2.05) is 0 Å². The van der Waals surface area contributed by atoms with Crippen LogP contribution in [0.25, 0.3) is 0 Å². The maximum absolute atomic E-state index is 11.9. The second-order valence-corrected chi connectivity index (χ2v) is 5.36. The van der Waals surface area contributed by atoms with Gasteiger partial charge in [0.15, 0.2) is 0 Å². The largest absolute Gasteiger partial charge is 0.411 e. The molecule has 0 radical (unpaired) electrons. The van der Waals surface area contributed by atoms with Crippen LogP contribution in [0.3, 0.4) is 0 Å². The van der Waals surface area contributed by atoms with Gasteiger partial charge in [-0.2, -0.15) is 13.2 Å². The number of amides is 1. The van der Waals surface area contributed by atoms with Crippen LogP contribution in [-0.4, -0.2) is 23.7 Å². The van der Waals surface area contributed by atoms with E-state index in [-0.39, 0.29) is 12.5 Å². The van der Waals surface area contributed by atoms with Crippen LogP contribution in [0.2, 0.25) is 0 Å². The third kappa shape index (κ3) is 6.01. The van der Waals surface area contributed by atoms with Gasteiger partial charge >= 0.3 is 6.18 Å². The van der Waals surface area contributed by atoms with Crippen LogP contribution < -0.4 is 5.32 Å². The van der Waals surface area contributed by atoms with Crippen LogP contribution in [-0.2, 0) is 16.1 Å². The lowest BCUT2D eigenvalue weighted by atomic mass is 9.96. The van der Waals surface area contributed by atoms with E-state index in [1.54, 1.807) is 26.8 Å². The van der Waals surface area contributed by atoms with Crippen LogP contribution in [0, 0.1) is 5.41 Å². The highest BCUT2D eigenvalue weighted by Gasteiger charge is 2.27. The molecule has 0 saturated heterocycles. The Kier molecular flexibility index (Phi) is 5.10. The van der Waals surface area contributed by atoms with Gasteiger partial charge in [0.05, 0.1) is 6.61 Å². The van der Waals surface area contributed by atoms with Gasteiger partial charge in [-0.15, -0.1) is 0 Å². The van der Waals surface area contributed by atoms with Crippen molar-refractivity contribution in [2.75, 3.05) is 11.9 Å². The molecule has 0 bridgehead atoms. The van der Waals surface area contributed by atoms with E-state index in [2.05, 4.69) is 15.0 Å². The highest BCUT2D eigenvalue weighted by atomic mass is 19.4. The van der Waals surface area contributed by atoms with Crippen molar-refractivity contribution in [3.63, 3.8) is 0 Å². The summed E-state index contributed by atoms with van der Waals surface area (Å²) >= 11 is 0. The molecule has 1 rings (SSSR count). The van der Waals surface area contributed by atoms with E-state index in [0.717, 1.165) is 0 Å². The number of nitrogens with zero attached hydrogens (tertiary/aromatic N) is 1. The summed E-state index contributed by atoms with van der Waals surface area (Å²) < 4.78 is 40.2. The average Bonchev–Trinajstić information content (AvgIpc) is 2.28. The van der Waals surface area contributed by atoms with E-state index in [4.69, 9.17) is 0 Å². The predicted octanol–water partition coefficient (Wildman–Crippen LogP) is 3.15. The third-order valence-corrected chi connectivity index (χ3v) is 2.28. The van der Waals surface area contributed by atoms with Gasteiger partial charge in [-0.05, 0) is 11.6 Å². The number of carbonyl (C=O) groups is 1. The van der Waals surface area contributed by atoms with Crippen molar-refractivity contribution in [1.29, 1.82) is 0 Å². The Labute approximate surface area is 115 Å². The molecule has 1 aromatic rings. The minimum Gasteiger partial charge on any atom is -0.367 e. The molecule has 0 aliphatic carbocycles. The number of ether oxygens (including phenoxy) is 1. The molecule has 0 spiro atoms. The van der Waals surface area contributed by atoms with Crippen molar-refractivity contribution in [2.45, 2.75) is 33.6 Å². The fourth-order valence-electron chi connectivity index (χ4n) is 1.17. The number of anilines is 1. The van der Waals surface area contributed by atoms with Gasteiger partial charge in [0, 0.05) is 11.6 Å². The Morgan fingerprint density at radius 3 is 2.40 bits per heavy atom. The van der Waals surface area contributed by atoms with Gasteiger partial charge in [-0.1, -0.05) is 26.8 Å². The highest BCUT2D eigenvalue weighted by molar-refractivity contribution is 5.93. The molecule has 1 aromatic heterocycles. The van der Waals surface area contributed by atoms with E-state index in [1.165, 1.54) is 12.3 Å². The lowest BCUT2D eigenvalue weighted by Crippen LogP contribution is -2.28. The van der Waals surface area contributed by atoms with Crippen LogP contribution in [0.4, 0.5) is 19.0 Å². The Hall–Kier alpha value is -1.63. The van der Waals surface area contributed by atoms with Crippen molar-refractivity contribution in [3.05, 3.63) is 23.9 Å². The summed E-state index contributed by atoms with van der Waals surface area (Å²) in [4.78, 5) is 15.7. The SMILES string of the molecule is CC(C)(C)C(=O)Nc1ccc(COCC(F)(F)F)cn1. The monoisotopic (exact) mass is 290 g/mol. The molecule has 1 heterocycles. The van der Waals surface area contributed by atoms with Crippen molar-refractivity contribution in [1.82, 2.24) is 4.98 Å². The van der Waals surface area contributed by atoms with Gasteiger partial charge in [-0.25, -0.2) is 4.98 Å². The lowest BCUT2D eigenvalue weighted by molar-refractivity contribution is -0.176. The van der Waals surface area contributed by atoms with E-state index in [0.29, 0.717) is 11.4 Å². The Bertz CT molecular complexity index is 450. The van der Waals surface area contributed by atoms with Crippen LogP contribution in [0.1, 0.15) is 26.3 Å². The van der Waals surface area contributed by atoms with Crippen LogP contribution in [0.5, 0.6) is 0 Å². The molecule has 7 heteroatoms. The molecule has 1 amide bonds. The quantitative estimate of drug-likeness (QED) is 0.926. The van der Waals surface area contributed by atoms with E-state index < -0.39 is 18.2 Å². The van der Waals surface area contributed by atoms with Crippen molar-refractivity contribution in [3.8, 4) is 0 Å². The molecule has 0 unspecified atom stereocenters. The van der Waals surface area contributed by atoms with E-state index in [9.17, 15) is 18.0 Å². The molecule has 1 N–H and O–H groups in total. The third-order valence-electron chi connectivity index (χ3n) is 2.28. The zero-order valence-electron chi connectivity index (χ0n) is 11.5. The van der Waals surface area contributed by atoms with Crippen molar-refractivity contribution < 1.29 is 22.7 Å². The number of pyridine rings is 1. The zero-order valence-corrected chi connectivity index (χ0v) is 11.5. The molecule has 20 heavy (non-hydrogen) atoms. The summed E-state index contributed by atoms with van der Waals surface area (Å²) in [6.07, 6.45) is -2.97. The first-order chi connectivity index (χ1) is 9.08. The molecule has 0 atom stereocenters. The number of halogens is 3. The normalized spacial score (nSPS) is 12.3. The average molecular weight is 290 g/mol. The number of nitrogens with one attached hydrogen (secondary N) is 1. The van der Waals surface area contributed by atoms with Crippen LogP contribution in [0.15, 0.2) is 18.3 Å².